The molecule has 0 saturated carbocycles. The molecule has 12 heteroatoms. The zero-order valence-electron chi connectivity index (χ0n) is 14.8. The van der Waals surface area contributed by atoms with E-state index in [1.165, 1.54) is 24.3 Å². The normalized spacial score (nSPS) is 11.8. The Morgan fingerprint density at radius 3 is 2.34 bits per heavy atom. The molecule has 29 heavy (non-hydrogen) atoms. The van der Waals surface area contributed by atoms with Crippen molar-refractivity contribution in [3.8, 4) is 0 Å². The first-order valence-corrected chi connectivity index (χ1v) is 10.3. The second-order valence-corrected chi connectivity index (χ2v) is 8.49. The van der Waals surface area contributed by atoms with Gasteiger partial charge in [0.15, 0.2) is 22.3 Å². The molecule has 0 saturated heterocycles. The lowest BCUT2D eigenvalue weighted by atomic mass is 10.1. The summed E-state index contributed by atoms with van der Waals surface area (Å²) in [4.78, 5) is 27.2. The summed E-state index contributed by atoms with van der Waals surface area (Å²) in [5.74, 6) is -2.21. The Morgan fingerprint density at radius 2 is 1.83 bits per heavy atom. The standard InChI is InChI=1S/C17H14ClF3N2O5S/c1-29(26,27)9-10-2-4-11(5-3-10)16(25)28-8-14(24)23-15-13(18)6-12(7-22-15)17(19,20)21/h2-7H,8-9H2,1H3,(H,22,23,24). The predicted molar refractivity (Wildman–Crippen MR) is 98.2 cm³/mol. The molecule has 1 N–H and O–H groups in total. The number of nitrogens with zero attached hydrogens (tertiary/aromatic N) is 1. The molecule has 0 radical (unpaired) electrons. The second kappa shape index (κ2) is 8.78. The van der Waals surface area contributed by atoms with Crippen molar-refractivity contribution in [3.63, 3.8) is 0 Å². The molecule has 1 amide bonds. The largest absolute Gasteiger partial charge is 0.452 e. The van der Waals surface area contributed by atoms with Crippen molar-refractivity contribution in [3.05, 3.63) is 58.2 Å². The van der Waals surface area contributed by atoms with Crippen LogP contribution in [0, 0.1) is 0 Å². The number of hydrogen-bond donors (Lipinski definition) is 1. The van der Waals surface area contributed by atoms with Gasteiger partial charge in [0.25, 0.3) is 5.91 Å². The number of amides is 1. The van der Waals surface area contributed by atoms with Crippen molar-refractivity contribution in [2.75, 3.05) is 18.2 Å². The molecule has 0 aliphatic carbocycles. The van der Waals surface area contributed by atoms with Crippen LogP contribution in [0.4, 0.5) is 19.0 Å². The molecule has 1 heterocycles. The van der Waals surface area contributed by atoms with E-state index in [0.717, 1.165) is 6.26 Å². The fraction of sp³-hybridized carbons (Fsp3) is 0.235. The average molecular weight is 451 g/mol. The molecular weight excluding hydrogens is 437 g/mol. The number of alkyl halides is 3. The first kappa shape index (κ1) is 22.6. The van der Waals surface area contributed by atoms with Gasteiger partial charge in [0.2, 0.25) is 0 Å². The van der Waals surface area contributed by atoms with E-state index in [1.807, 2.05) is 0 Å². The fourth-order valence-corrected chi connectivity index (χ4v) is 3.12. The maximum absolute atomic E-state index is 12.6. The van der Waals surface area contributed by atoms with Crippen LogP contribution >= 0.6 is 11.6 Å². The summed E-state index contributed by atoms with van der Waals surface area (Å²) in [6, 6.07) is 6.16. The number of carbonyl (C=O) groups is 2. The van der Waals surface area contributed by atoms with Crippen molar-refractivity contribution >= 4 is 39.1 Å². The van der Waals surface area contributed by atoms with E-state index in [2.05, 4.69) is 10.3 Å². The third kappa shape index (κ3) is 7.02. The maximum atomic E-state index is 12.6. The Hall–Kier alpha value is -2.66. The number of anilines is 1. The number of ether oxygens (including phenoxy) is 1. The van der Waals surface area contributed by atoms with Crippen molar-refractivity contribution in [2.45, 2.75) is 11.9 Å². The van der Waals surface area contributed by atoms with E-state index >= 15 is 0 Å². The lowest BCUT2D eigenvalue weighted by Crippen LogP contribution is -2.22. The number of nitrogens with one attached hydrogen (secondary N) is 1. The summed E-state index contributed by atoms with van der Waals surface area (Å²) >= 11 is 5.67. The van der Waals surface area contributed by atoms with Crippen molar-refractivity contribution in [2.24, 2.45) is 0 Å². The molecular formula is C17H14ClF3N2O5S. The van der Waals surface area contributed by atoms with Crippen LogP contribution in [0.1, 0.15) is 21.5 Å². The third-order valence-corrected chi connectivity index (χ3v) is 4.53. The van der Waals surface area contributed by atoms with E-state index in [1.54, 1.807) is 0 Å². The zero-order valence-corrected chi connectivity index (χ0v) is 16.4. The molecule has 0 aliphatic heterocycles. The summed E-state index contributed by atoms with van der Waals surface area (Å²) in [7, 11) is -3.22. The molecule has 0 bridgehead atoms. The SMILES string of the molecule is CS(=O)(=O)Cc1ccc(C(=O)OCC(=O)Nc2ncc(C(F)(F)F)cc2Cl)cc1. The van der Waals surface area contributed by atoms with Crippen molar-refractivity contribution in [1.29, 1.82) is 0 Å². The number of halogens is 4. The summed E-state index contributed by atoms with van der Waals surface area (Å²) in [6.45, 7) is -0.733. The van der Waals surface area contributed by atoms with Crippen LogP contribution < -0.4 is 5.32 Å². The summed E-state index contributed by atoms with van der Waals surface area (Å²) < 4.78 is 65.0. The third-order valence-electron chi connectivity index (χ3n) is 3.38. The average Bonchev–Trinajstić information content (AvgIpc) is 2.60. The monoisotopic (exact) mass is 450 g/mol. The van der Waals surface area contributed by atoms with E-state index in [-0.39, 0.29) is 17.1 Å². The second-order valence-electron chi connectivity index (χ2n) is 5.94. The fourth-order valence-electron chi connectivity index (χ4n) is 2.11. The molecule has 0 aliphatic rings. The molecule has 1 aromatic carbocycles. The smallest absolute Gasteiger partial charge is 0.417 e. The minimum absolute atomic E-state index is 0.0840. The first-order chi connectivity index (χ1) is 13.3. The Labute approximate surface area is 168 Å². The van der Waals surface area contributed by atoms with Gasteiger partial charge in [0.05, 0.1) is 21.9 Å². The number of carbonyl (C=O) groups excluding carboxylic acids is 2. The Balaban J connectivity index is 1.93. The molecule has 0 fully saturated rings. The van der Waals surface area contributed by atoms with Gasteiger partial charge < -0.3 is 10.1 Å². The van der Waals surface area contributed by atoms with Gasteiger partial charge in [-0.15, -0.1) is 0 Å². The van der Waals surface area contributed by atoms with Gasteiger partial charge in [-0.2, -0.15) is 13.2 Å². The van der Waals surface area contributed by atoms with E-state index in [0.29, 0.717) is 17.8 Å². The number of rotatable bonds is 6. The molecule has 1 aromatic heterocycles. The minimum atomic E-state index is -4.63. The molecule has 2 aromatic rings. The van der Waals surface area contributed by atoms with Gasteiger partial charge in [0, 0.05) is 12.5 Å². The lowest BCUT2D eigenvalue weighted by Gasteiger charge is -2.10. The number of aromatic nitrogens is 1. The molecule has 7 nitrogen and oxygen atoms in total. The van der Waals surface area contributed by atoms with E-state index < -0.39 is 45.1 Å². The number of sulfone groups is 1. The topological polar surface area (TPSA) is 102 Å². The Kier molecular flexibility index (Phi) is 6.85. The van der Waals surface area contributed by atoms with Crippen molar-refractivity contribution in [1.82, 2.24) is 4.98 Å². The van der Waals surface area contributed by atoms with Gasteiger partial charge in [-0.1, -0.05) is 23.7 Å². The summed E-state index contributed by atoms with van der Waals surface area (Å²) in [5, 5.41) is 1.71. The maximum Gasteiger partial charge on any atom is 0.417 e. The zero-order chi connectivity index (χ0) is 21.8. The summed E-state index contributed by atoms with van der Waals surface area (Å²) in [6.07, 6.45) is -3.05. The number of esters is 1. The molecule has 156 valence electrons. The number of benzene rings is 1. The molecule has 0 spiro atoms. The quantitative estimate of drug-likeness (QED) is 0.678. The predicted octanol–water partition coefficient (Wildman–Crippen LogP) is 3.09. The highest BCUT2D eigenvalue weighted by molar-refractivity contribution is 7.89. The minimum Gasteiger partial charge on any atom is -0.452 e. The Bertz CT molecular complexity index is 1020. The summed E-state index contributed by atoms with van der Waals surface area (Å²) in [5.41, 5.74) is -0.517. The first-order valence-electron chi connectivity index (χ1n) is 7.81. The number of pyridine rings is 1. The van der Waals surface area contributed by atoms with E-state index in [9.17, 15) is 31.2 Å². The molecule has 0 atom stereocenters. The van der Waals surface area contributed by atoms with Crippen LogP contribution in [0.5, 0.6) is 0 Å². The van der Waals surface area contributed by atoms with Crippen LogP contribution in [0.3, 0.4) is 0 Å². The van der Waals surface area contributed by atoms with Gasteiger partial charge in [-0.3, -0.25) is 4.79 Å². The highest BCUT2D eigenvalue weighted by atomic mass is 35.5. The highest BCUT2D eigenvalue weighted by Gasteiger charge is 2.31. The number of hydrogen-bond acceptors (Lipinski definition) is 6. The van der Waals surface area contributed by atoms with Gasteiger partial charge >= 0.3 is 12.1 Å². The molecule has 2 rings (SSSR count). The van der Waals surface area contributed by atoms with Gasteiger partial charge in [-0.05, 0) is 23.8 Å². The molecule has 0 unspecified atom stereocenters. The van der Waals surface area contributed by atoms with Gasteiger partial charge in [-0.25, -0.2) is 18.2 Å². The highest BCUT2D eigenvalue weighted by Crippen LogP contribution is 2.32. The van der Waals surface area contributed by atoms with Crippen LogP contribution in [-0.2, 0) is 31.3 Å². The van der Waals surface area contributed by atoms with Crippen molar-refractivity contribution < 1.29 is 35.9 Å². The lowest BCUT2D eigenvalue weighted by molar-refractivity contribution is -0.137. The van der Waals surface area contributed by atoms with Crippen LogP contribution in [0.15, 0.2) is 36.5 Å². The van der Waals surface area contributed by atoms with Crippen LogP contribution in [-0.4, -0.2) is 38.1 Å². The van der Waals surface area contributed by atoms with Crippen LogP contribution in [0.25, 0.3) is 0 Å². The van der Waals surface area contributed by atoms with Gasteiger partial charge in [0.1, 0.15) is 0 Å². The van der Waals surface area contributed by atoms with E-state index in [4.69, 9.17) is 16.3 Å². The van der Waals surface area contributed by atoms with Crippen LogP contribution in [0.2, 0.25) is 5.02 Å². The Morgan fingerprint density at radius 1 is 1.21 bits per heavy atom.